The van der Waals surface area contributed by atoms with Crippen molar-refractivity contribution in [1.29, 1.82) is 0 Å². The minimum Gasteiger partial charge on any atom is -0.481 e. The van der Waals surface area contributed by atoms with Gasteiger partial charge in [-0.3, -0.25) is 4.79 Å². The SMILES string of the molecule is CC(C)[C@](C)(N)CC(=O)O. The summed E-state index contributed by atoms with van der Waals surface area (Å²) in [4.78, 5) is 10.2. The molecular weight excluding hydrogens is 130 g/mol. The van der Waals surface area contributed by atoms with Gasteiger partial charge in [-0.1, -0.05) is 13.8 Å². The van der Waals surface area contributed by atoms with Crippen molar-refractivity contribution < 1.29 is 9.90 Å². The van der Waals surface area contributed by atoms with Crippen LogP contribution in [0.25, 0.3) is 0 Å². The van der Waals surface area contributed by atoms with Gasteiger partial charge >= 0.3 is 5.97 Å². The van der Waals surface area contributed by atoms with Crippen LogP contribution in [0.5, 0.6) is 0 Å². The van der Waals surface area contributed by atoms with Gasteiger partial charge in [-0.2, -0.15) is 0 Å². The molecule has 0 aromatic rings. The minimum atomic E-state index is -0.835. The van der Waals surface area contributed by atoms with Crippen LogP contribution in [-0.4, -0.2) is 16.6 Å². The molecule has 0 aliphatic heterocycles. The van der Waals surface area contributed by atoms with E-state index in [9.17, 15) is 4.79 Å². The van der Waals surface area contributed by atoms with E-state index in [2.05, 4.69) is 0 Å². The summed E-state index contributed by atoms with van der Waals surface area (Å²) in [6, 6.07) is 0. The summed E-state index contributed by atoms with van der Waals surface area (Å²) in [7, 11) is 0. The average molecular weight is 145 g/mol. The van der Waals surface area contributed by atoms with Gasteiger partial charge in [0.1, 0.15) is 0 Å². The van der Waals surface area contributed by atoms with E-state index in [1.54, 1.807) is 6.92 Å². The summed E-state index contributed by atoms with van der Waals surface area (Å²) in [5.74, 6) is -0.637. The minimum absolute atomic E-state index is 0.0324. The number of aliphatic carboxylic acids is 1. The predicted octanol–water partition coefficient (Wildman–Crippen LogP) is 0.835. The molecule has 0 aromatic carbocycles. The molecule has 0 fully saturated rings. The number of carbonyl (C=O) groups is 1. The number of hydrogen-bond donors (Lipinski definition) is 2. The molecule has 0 spiro atoms. The molecule has 0 amide bonds. The molecule has 3 heteroatoms. The van der Waals surface area contributed by atoms with Crippen LogP contribution in [0.15, 0.2) is 0 Å². The highest BCUT2D eigenvalue weighted by molar-refractivity contribution is 5.68. The summed E-state index contributed by atoms with van der Waals surface area (Å²) >= 11 is 0. The maximum atomic E-state index is 10.2. The normalized spacial score (nSPS) is 16.9. The average Bonchev–Trinajstić information content (AvgIpc) is 1.60. The molecule has 0 unspecified atom stereocenters. The first-order valence-corrected chi connectivity index (χ1v) is 3.37. The van der Waals surface area contributed by atoms with Crippen molar-refractivity contribution in [3.05, 3.63) is 0 Å². The van der Waals surface area contributed by atoms with E-state index in [1.807, 2.05) is 13.8 Å². The van der Waals surface area contributed by atoms with Crippen molar-refractivity contribution in [3.8, 4) is 0 Å². The van der Waals surface area contributed by atoms with Crippen LogP contribution >= 0.6 is 0 Å². The number of hydrogen-bond acceptors (Lipinski definition) is 2. The summed E-state index contributed by atoms with van der Waals surface area (Å²) < 4.78 is 0. The predicted molar refractivity (Wildman–Crippen MR) is 39.7 cm³/mol. The van der Waals surface area contributed by atoms with Gasteiger partial charge in [-0.05, 0) is 12.8 Å². The van der Waals surface area contributed by atoms with Crippen molar-refractivity contribution in [1.82, 2.24) is 0 Å². The molecule has 3 N–H and O–H groups in total. The van der Waals surface area contributed by atoms with Crippen LogP contribution in [0, 0.1) is 5.92 Å². The van der Waals surface area contributed by atoms with E-state index in [-0.39, 0.29) is 12.3 Å². The maximum absolute atomic E-state index is 10.2. The molecule has 3 nitrogen and oxygen atoms in total. The van der Waals surface area contributed by atoms with E-state index in [4.69, 9.17) is 10.8 Å². The molecule has 1 atom stereocenters. The van der Waals surface area contributed by atoms with Gasteiger partial charge in [0.15, 0.2) is 0 Å². The fourth-order valence-corrected chi connectivity index (χ4v) is 0.530. The fraction of sp³-hybridized carbons (Fsp3) is 0.857. The second-order valence-electron chi connectivity index (χ2n) is 3.23. The van der Waals surface area contributed by atoms with Gasteiger partial charge in [0.25, 0.3) is 0 Å². The van der Waals surface area contributed by atoms with E-state index in [0.717, 1.165) is 0 Å². The number of carboxylic acids is 1. The lowest BCUT2D eigenvalue weighted by Gasteiger charge is -2.26. The summed E-state index contributed by atoms with van der Waals surface area (Å²) in [6.45, 7) is 5.59. The zero-order valence-electron chi connectivity index (χ0n) is 6.72. The molecule has 0 aliphatic carbocycles. The summed E-state index contributed by atoms with van der Waals surface area (Å²) in [6.07, 6.45) is 0.0324. The van der Waals surface area contributed by atoms with Crippen molar-refractivity contribution in [2.75, 3.05) is 0 Å². The molecule has 0 heterocycles. The van der Waals surface area contributed by atoms with E-state index < -0.39 is 11.5 Å². The van der Waals surface area contributed by atoms with Gasteiger partial charge in [0.2, 0.25) is 0 Å². The van der Waals surface area contributed by atoms with Gasteiger partial charge < -0.3 is 10.8 Å². The van der Waals surface area contributed by atoms with Crippen molar-refractivity contribution in [2.24, 2.45) is 11.7 Å². The quantitative estimate of drug-likeness (QED) is 0.618. The van der Waals surface area contributed by atoms with Crippen LogP contribution in [0.2, 0.25) is 0 Å². The fourth-order valence-electron chi connectivity index (χ4n) is 0.530. The smallest absolute Gasteiger partial charge is 0.305 e. The first-order chi connectivity index (χ1) is 4.36. The maximum Gasteiger partial charge on any atom is 0.305 e. The molecule has 0 bridgehead atoms. The second kappa shape index (κ2) is 3.01. The number of carboxylic acid groups (broad SMARTS) is 1. The first kappa shape index (κ1) is 9.43. The van der Waals surface area contributed by atoms with Crippen molar-refractivity contribution in [3.63, 3.8) is 0 Å². The summed E-state index contributed by atoms with van der Waals surface area (Å²) in [5, 5.41) is 8.42. The molecule has 0 saturated heterocycles. The summed E-state index contributed by atoms with van der Waals surface area (Å²) in [5.41, 5.74) is 5.10. The van der Waals surface area contributed by atoms with Crippen molar-refractivity contribution >= 4 is 5.97 Å². The lowest BCUT2D eigenvalue weighted by atomic mass is 9.87. The highest BCUT2D eigenvalue weighted by Gasteiger charge is 2.25. The highest BCUT2D eigenvalue weighted by atomic mass is 16.4. The Hall–Kier alpha value is -0.570. The molecule has 0 saturated carbocycles. The second-order valence-corrected chi connectivity index (χ2v) is 3.23. The zero-order valence-corrected chi connectivity index (χ0v) is 6.72. The highest BCUT2D eigenvalue weighted by Crippen LogP contribution is 2.16. The first-order valence-electron chi connectivity index (χ1n) is 3.37. The lowest BCUT2D eigenvalue weighted by molar-refractivity contribution is -0.138. The Balaban J connectivity index is 3.99. The van der Waals surface area contributed by atoms with Crippen LogP contribution in [0.4, 0.5) is 0 Å². The largest absolute Gasteiger partial charge is 0.481 e. The van der Waals surface area contributed by atoms with Crippen molar-refractivity contribution in [2.45, 2.75) is 32.7 Å². The molecule has 60 valence electrons. The third-order valence-electron chi connectivity index (χ3n) is 1.85. The van der Waals surface area contributed by atoms with Crippen LogP contribution in [-0.2, 0) is 4.79 Å². The third kappa shape index (κ3) is 2.82. The van der Waals surface area contributed by atoms with Gasteiger partial charge in [0, 0.05) is 5.54 Å². The number of rotatable bonds is 3. The molecule has 0 radical (unpaired) electrons. The standard InChI is InChI=1S/C7H15NO2/c1-5(2)7(3,8)4-6(9)10/h5H,4,8H2,1-3H3,(H,9,10)/t7-/m1/s1. The van der Waals surface area contributed by atoms with Gasteiger partial charge in [-0.15, -0.1) is 0 Å². The molecule has 0 aromatic heterocycles. The zero-order chi connectivity index (χ0) is 8.36. The topological polar surface area (TPSA) is 63.3 Å². The van der Waals surface area contributed by atoms with Crippen LogP contribution in [0.3, 0.4) is 0 Å². The van der Waals surface area contributed by atoms with E-state index in [0.29, 0.717) is 0 Å². The molecule has 0 rings (SSSR count). The third-order valence-corrected chi connectivity index (χ3v) is 1.85. The Morgan fingerprint density at radius 2 is 2.10 bits per heavy atom. The van der Waals surface area contributed by atoms with Gasteiger partial charge in [0.05, 0.1) is 6.42 Å². The molecule has 0 aliphatic rings. The van der Waals surface area contributed by atoms with Crippen LogP contribution < -0.4 is 5.73 Å². The van der Waals surface area contributed by atoms with E-state index >= 15 is 0 Å². The number of nitrogens with two attached hydrogens (primary N) is 1. The Morgan fingerprint density at radius 1 is 1.70 bits per heavy atom. The van der Waals surface area contributed by atoms with Crippen LogP contribution in [0.1, 0.15) is 27.2 Å². The Labute approximate surface area is 61.2 Å². The van der Waals surface area contributed by atoms with Gasteiger partial charge in [-0.25, -0.2) is 0 Å². The van der Waals surface area contributed by atoms with E-state index in [1.165, 1.54) is 0 Å². The lowest BCUT2D eigenvalue weighted by Crippen LogP contribution is -2.43. The molecule has 10 heavy (non-hydrogen) atoms. The monoisotopic (exact) mass is 145 g/mol. The Kier molecular flexibility index (Phi) is 2.84. The Bertz CT molecular complexity index is 130. The Morgan fingerprint density at radius 3 is 2.20 bits per heavy atom. The molecular formula is C7H15NO2.